The largest absolute Gasteiger partial charge is 0.495 e. The van der Waals surface area contributed by atoms with Crippen LogP contribution in [0.15, 0.2) is 94.7 Å². The van der Waals surface area contributed by atoms with Gasteiger partial charge in [-0.1, -0.05) is 66.2 Å². The highest BCUT2D eigenvalue weighted by Gasteiger charge is 2.27. The van der Waals surface area contributed by atoms with E-state index in [-0.39, 0.29) is 38.7 Å². The van der Waals surface area contributed by atoms with Crippen molar-refractivity contribution in [2.75, 3.05) is 24.3 Å². The minimum atomic E-state index is -3.97. The molecule has 0 saturated carbocycles. The maximum Gasteiger partial charge on any atom is 0.243 e. The molecule has 1 amide bonds. The second kappa shape index (κ2) is 9.52. The molecule has 0 unspecified atom stereocenters. The molecule has 0 bridgehead atoms. The molecule has 0 aromatic heterocycles. The van der Waals surface area contributed by atoms with Gasteiger partial charge in [0.15, 0.2) is 0 Å². The number of sulfone groups is 1. The van der Waals surface area contributed by atoms with E-state index in [9.17, 15) is 13.2 Å². The molecule has 33 heavy (non-hydrogen) atoms. The van der Waals surface area contributed by atoms with Crippen molar-refractivity contribution in [1.82, 2.24) is 0 Å². The fourth-order valence-electron chi connectivity index (χ4n) is 3.52. The van der Waals surface area contributed by atoms with Gasteiger partial charge in [0.05, 0.1) is 24.2 Å². The van der Waals surface area contributed by atoms with Crippen LogP contribution in [0.4, 0.5) is 11.4 Å². The topological polar surface area (TPSA) is 84.5 Å². The molecule has 168 valence electrons. The monoisotopic (exact) mass is 480 g/mol. The molecule has 0 atom stereocenters. The number of fused-ring (bicyclic) bond motifs is 1. The molecule has 0 fully saturated rings. The van der Waals surface area contributed by atoms with E-state index in [0.29, 0.717) is 5.69 Å². The fraction of sp³-hybridized carbons (Fsp3) is 0.0800. The minimum Gasteiger partial charge on any atom is -0.495 e. The van der Waals surface area contributed by atoms with Crippen LogP contribution in [0.3, 0.4) is 0 Å². The van der Waals surface area contributed by atoms with Crippen molar-refractivity contribution >= 4 is 49.5 Å². The second-order valence-corrected chi connectivity index (χ2v) is 9.47. The summed E-state index contributed by atoms with van der Waals surface area (Å²) in [5, 5.41) is 7.65. The van der Waals surface area contributed by atoms with Crippen LogP contribution >= 0.6 is 11.6 Å². The number of nitrogens with one attached hydrogen (secondary N) is 2. The molecule has 6 nitrogen and oxygen atoms in total. The lowest BCUT2D eigenvalue weighted by Gasteiger charge is -2.16. The van der Waals surface area contributed by atoms with E-state index >= 15 is 0 Å². The zero-order valence-corrected chi connectivity index (χ0v) is 19.3. The van der Waals surface area contributed by atoms with Gasteiger partial charge in [-0.3, -0.25) is 4.79 Å². The minimum absolute atomic E-state index is 0.0548. The number of hydrogen-bond donors (Lipinski definition) is 2. The SMILES string of the molecule is COc1ccc(NCC(=O)Nc2cccc3ccccc23)c(S(=O)(=O)c2ccccc2)c1Cl. The Bertz CT molecular complexity index is 1420. The predicted octanol–water partition coefficient (Wildman–Crippen LogP) is 5.39. The van der Waals surface area contributed by atoms with Crippen LogP contribution in [0.1, 0.15) is 0 Å². The lowest BCUT2D eigenvalue weighted by molar-refractivity contribution is -0.114. The van der Waals surface area contributed by atoms with Crippen LogP contribution in [0.2, 0.25) is 5.02 Å². The number of carbonyl (C=O) groups is 1. The Hall–Kier alpha value is -3.55. The third-order valence-electron chi connectivity index (χ3n) is 5.11. The number of anilines is 2. The quantitative estimate of drug-likeness (QED) is 0.370. The number of rotatable bonds is 7. The number of carbonyl (C=O) groups excluding carboxylic acids is 1. The summed E-state index contributed by atoms with van der Waals surface area (Å²) in [6, 6.07) is 24.4. The fourth-order valence-corrected chi connectivity index (χ4v) is 5.58. The van der Waals surface area contributed by atoms with Crippen molar-refractivity contribution in [3.05, 3.63) is 90.0 Å². The Morgan fingerprint density at radius 3 is 2.33 bits per heavy atom. The molecule has 0 aliphatic carbocycles. The van der Waals surface area contributed by atoms with Gasteiger partial charge in [-0.15, -0.1) is 0 Å². The van der Waals surface area contributed by atoms with Gasteiger partial charge in [-0.2, -0.15) is 0 Å². The molecule has 0 aliphatic heterocycles. The highest BCUT2D eigenvalue weighted by atomic mass is 35.5. The predicted molar refractivity (Wildman–Crippen MR) is 131 cm³/mol. The molecule has 4 aromatic rings. The molecule has 0 saturated heterocycles. The summed E-state index contributed by atoms with van der Waals surface area (Å²) in [5.74, 6) is -0.113. The van der Waals surface area contributed by atoms with Crippen LogP contribution in [-0.4, -0.2) is 28.0 Å². The van der Waals surface area contributed by atoms with E-state index in [1.165, 1.54) is 25.3 Å². The third kappa shape index (κ3) is 4.65. The molecule has 4 rings (SSSR count). The van der Waals surface area contributed by atoms with Crippen molar-refractivity contribution < 1.29 is 17.9 Å². The molecule has 4 aromatic carbocycles. The first-order valence-electron chi connectivity index (χ1n) is 10.1. The Morgan fingerprint density at radius 2 is 1.58 bits per heavy atom. The van der Waals surface area contributed by atoms with Crippen molar-refractivity contribution in [2.45, 2.75) is 9.79 Å². The van der Waals surface area contributed by atoms with Crippen molar-refractivity contribution in [1.29, 1.82) is 0 Å². The van der Waals surface area contributed by atoms with Gasteiger partial charge in [-0.25, -0.2) is 8.42 Å². The average Bonchev–Trinajstić information content (AvgIpc) is 2.83. The van der Waals surface area contributed by atoms with E-state index in [0.717, 1.165) is 10.8 Å². The molecule has 0 heterocycles. The van der Waals surface area contributed by atoms with Gasteiger partial charge in [0.2, 0.25) is 15.7 Å². The van der Waals surface area contributed by atoms with E-state index in [1.807, 2.05) is 42.5 Å². The third-order valence-corrected chi connectivity index (χ3v) is 7.45. The highest BCUT2D eigenvalue weighted by molar-refractivity contribution is 7.91. The van der Waals surface area contributed by atoms with Crippen LogP contribution in [0.25, 0.3) is 10.8 Å². The molecular weight excluding hydrogens is 460 g/mol. The van der Waals surface area contributed by atoms with Crippen LogP contribution < -0.4 is 15.4 Å². The van der Waals surface area contributed by atoms with E-state index in [2.05, 4.69) is 10.6 Å². The van der Waals surface area contributed by atoms with Gasteiger partial charge in [0.25, 0.3) is 0 Å². The summed E-state index contributed by atoms with van der Waals surface area (Å²) in [6.07, 6.45) is 0. The van der Waals surface area contributed by atoms with Gasteiger partial charge in [0, 0.05) is 11.1 Å². The van der Waals surface area contributed by atoms with E-state index in [4.69, 9.17) is 16.3 Å². The molecule has 0 radical (unpaired) electrons. The Labute approximate surface area is 197 Å². The van der Waals surface area contributed by atoms with Gasteiger partial charge < -0.3 is 15.4 Å². The number of ether oxygens (including phenoxy) is 1. The maximum absolute atomic E-state index is 13.3. The Balaban J connectivity index is 1.62. The molecule has 0 aliphatic rings. The highest BCUT2D eigenvalue weighted by Crippen LogP contribution is 2.39. The van der Waals surface area contributed by atoms with Crippen LogP contribution in [-0.2, 0) is 14.6 Å². The summed E-state index contributed by atoms with van der Waals surface area (Å²) in [6.45, 7) is -0.164. The van der Waals surface area contributed by atoms with Crippen molar-refractivity contribution in [3.63, 3.8) is 0 Å². The maximum atomic E-state index is 13.3. The smallest absolute Gasteiger partial charge is 0.243 e. The van der Waals surface area contributed by atoms with Gasteiger partial charge in [-0.05, 0) is 35.7 Å². The lowest BCUT2D eigenvalue weighted by Crippen LogP contribution is -2.23. The summed E-state index contributed by atoms with van der Waals surface area (Å²) in [7, 11) is -2.57. The zero-order chi connectivity index (χ0) is 23.4. The first-order chi connectivity index (χ1) is 15.9. The molecule has 2 N–H and O–H groups in total. The van der Waals surface area contributed by atoms with Crippen LogP contribution in [0, 0.1) is 0 Å². The number of halogens is 1. The zero-order valence-electron chi connectivity index (χ0n) is 17.7. The number of amides is 1. The molecule has 0 spiro atoms. The number of methoxy groups -OCH3 is 1. The van der Waals surface area contributed by atoms with Gasteiger partial charge in [0.1, 0.15) is 15.7 Å². The van der Waals surface area contributed by atoms with Gasteiger partial charge >= 0.3 is 0 Å². The standard InChI is InChI=1S/C25H21ClN2O4S/c1-32-22-15-14-21(25(24(22)26)33(30,31)18-10-3-2-4-11-18)27-16-23(29)28-20-13-7-9-17-8-5-6-12-19(17)20/h2-15,27H,16H2,1H3,(H,28,29). The first-order valence-corrected chi connectivity index (χ1v) is 12.0. The average molecular weight is 481 g/mol. The van der Waals surface area contributed by atoms with E-state index in [1.54, 1.807) is 24.3 Å². The lowest BCUT2D eigenvalue weighted by atomic mass is 10.1. The number of benzene rings is 4. The van der Waals surface area contributed by atoms with Crippen LogP contribution in [0.5, 0.6) is 5.75 Å². The molecule has 8 heteroatoms. The van der Waals surface area contributed by atoms with E-state index < -0.39 is 9.84 Å². The van der Waals surface area contributed by atoms with Crippen molar-refractivity contribution in [3.8, 4) is 5.75 Å². The summed E-state index contributed by atoms with van der Waals surface area (Å²) in [5.41, 5.74) is 0.877. The van der Waals surface area contributed by atoms with Crippen molar-refractivity contribution in [2.24, 2.45) is 0 Å². The summed E-state index contributed by atoms with van der Waals surface area (Å²) < 4.78 is 31.9. The second-order valence-electron chi connectivity index (χ2n) is 7.20. The molecular formula is C25H21ClN2O4S. The summed E-state index contributed by atoms with van der Waals surface area (Å²) in [4.78, 5) is 12.6. The Morgan fingerprint density at radius 1 is 0.879 bits per heavy atom. The normalized spacial score (nSPS) is 11.2. The first kappa shape index (κ1) is 22.6. The summed E-state index contributed by atoms with van der Waals surface area (Å²) >= 11 is 6.41. The number of hydrogen-bond acceptors (Lipinski definition) is 5. The Kier molecular flexibility index (Phi) is 6.53.